The summed E-state index contributed by atoms with van der Waals surface area (Å²) in [6.07, 6.45) is 4.52. The summed E-state index contributed by atoms with van der Waals surface area (Å²) in [6, 6.07) is 13.7. The third-order valence-corrected chi connectivity index (χ3v) is 8.35. The third-order valence-electron chi connectivity index (χ3n) is 4.58. The Bertz CT molecular complexity index is 966. The van der Waals surface area contributed by atoms with Gasteiger partial charge in [0.2, 0.25) is 10.0 Å². The van der Waals surface area contributed by atoms with Crippen molar-refractivity contribution < 1.29 is 12.6 Å². The molecule has 0 spiro atoms. The monoisotopic (exact) mass is 423 g/mol. The van der Waals surface area contributed by atoms with E-state index in [1.54, 1.807) is 37.3 Å². The number of rotatable bonds is 5. The maximum absolute atomic E-state index is 13.0. The van der Waals surface area contributed by atoms with E-state index in [1.807, 2.05) is 18.2 Å². The largest absolute Gasteiger partial charge is 0.249 e. The van der Waals surface area contributed by atoms with E-state index in [2.05, 4.69) is 0 Å². The summed E-state index contributed by atoms with van der Waals surface area (Å²) in [5.41, 5.74) is 0.486. The minimum absolute atomic E-state index is 0.188. The maximum Gasteiger partial charge on any atom is 0.243 e. The Kier molecular flexibility index (Phi) is 6.52. The molecule has 0 amide bonds. The van der Waals surface area contributed by atoms with Crippen LogP contribution in [0.5, 0.6) is 0 Å². The number of hydrogen-bond donors (Lipinski definition) is 0. The van der Waals surface area contributed by atoms with E-state index in [9.17, 15) is 12.6 Å². The number of benzene rings is 2. The van der Waals surface area contributed by atoms with E-state index in [0.29, 0.717) is 33.5 Å². The Hall–Kier alpha value is -1.47. The summed E-state index contributed by atoms with van der Waals surface area (Å²) in [5.74, 6) is 0. The Morgan fingerprint density at radius 2 is 1.74 bits per heavy atom. The predicted molar refractivity (Wildman–Crippen MR) is 111 cm³/mol. The van der Waals surface area contributed by atoms with Crippen molar-refractivity contribution in [3.05, 3.63) is 65.2 Å². The minimum atomic E-state index is -3.58. The van der Waals surface area contributed by atoms with E-state index < -0.39 is 20.8 Å². The highest BCUT2D eigenvalue weighted by molar-refractivity contribution is 7.94. The predicted octanol–water partition coefficient (Wildman–Crippen LogP) is 4.68. The molecule has 27 heavy (non-hydrogen) atoms. The number of nitrogens with zero attached hydrogens (tertiary/aromatic N) is 1. The van der Waals surface area contributed by atoms with Gasteiger partial charge in [-0.15, -0.1) is 0 Å². The number of allylic oxidation sites excluding steroid dienone is 1. The minimum Gasteiger partial charge on any atom is -0.249 e. The summed E-state index contributed by atoms with van der Waals surface area (Å²) in [7, 11) is -5.04. The molecule has 0 bridgehead atoms. The standard InChI is InChI=1S/C20H22ClNO3S2/c1-2-20(26(23)16-9-5-3-6-10-16)18-15-17(11-12-19(18)21)27(24,25)22-13-7-4-8-14-22/h2-3,5-6,9-12,15H,4,7-8,13-14H2,1H3. The molecule has 0 N–H and O–H groups in total. The molecule has 1 unspecified atom stereocenters. The van der Waals surface area contributed by atoms with Gasteiger partial charge < -0.3 is 0 Å². The zero-order valence-electron chi connectivity index (χ0n) is 15.1. The lowest BCUT2D eigenvalue weighted by Crippen LogP contribution is -2.35. The van der Waals surface area contributed by atoms with Crippen LogP contribution in [-0.2, 0) is 20.8 Å². The molecule has 1 atom stereocenters. The first-order valence-electron chi connectivity index (χ1n) is 8.88. The van der Waals surface area contributed by atoms with Crippen molar-refractivity contribution in [2.24, 2.45) is 0 Å². The van der Waals surface area contributed by atoms with Crippen molar-refractivity contribution in [2.75, 3.05) is 13.1 Å². The Morgan fingerprint density at radius 1 is 1.07 bits per heavy atom. The summed E-state index contributed by atoms with van der Waals surface area (Å²) in [6.45, 7) is 2.84. The van der Waals surface area contributed by atoms with Crippen molar-refractivity contribution in [3.63, 3.8) is 0 Å². The third kappa shape index (κ3) is 4.35. The smallest absolute Gasteiger partial charge is 0.243 e. The van der Waals surface area contributed by atoms with Gasteiger partial charge in [0.05, 0.1) is 15.7 Å². The molecule has 1 aliphatic heterocycles. The molecule has 3 rings (SSSR count). The molecule has 2 aromatic carbocycles. The van der Waals surface area contributed by atoms with E-state index in [1.165, 1.54) is 10.4 Å². The molecule has 1 heterocycles. The van der Waals surface area contributed by atoms with Gasteiger partial charge >= 0.3 is 0 Å². The second kappa shape index (κ2) is 8.69. The number of sulfonamides is 1. The van der Waals surface area contributed by atoms with Gasteiger partial charge in [-0.3, -0.25) is 0 Å². The van der Waals surface area contributed by atoms with Gasteiger partial charge in [0.1, 0.15) is 0 Å². The summed E-state index contributed by atoms with van der Waals surface area (Å²) >= 11 is 6.35. The van der Waals surface area contributed by atoms with Gasteiger partial charge in [-0.05, 0) is 50.1 Å². The highest BCUT2D eigenvalue weighted by atomic mass is 35.5. The van der Waals surface area contributed by atoms with Gasteiger partial charge in [-0.25, -0.2) is 12.6 Å². The van der Waals surface area contributed by atoms with Gasteiger partial charge in [-0.1, -0.05) is 42.3 Å². The molecule has 144 valence electrons. The first kappa shape index (κ1) is 20.3. The van der Waals surface area contributed by atoms with Crippen LogP contribution in [0.25, 0.3) is 4.91 Å². The zero-order chi connectivity index (χ0) is 19.4. The fraction of sp³-hybridized carbons (Fsp3) is 0.300. The zero-order valence-corrected chi connectivity index (χ0v) is 17.5. The number of piperidine rings is 1. The van der Waals surface area contributed by atoms with Crippen LogP contribution in [0.3, 0.4) is 0 Å². The molecular weight excluding hydrogens is 402 g/mol. The quantitative estimate of drug-likeness (QED) is 0.701. The summed E-state index contributed by atoms with van der Waals surface area (Å²) in [4.78, 5) is 1.33. The molecule has 1 aliphatic rings. The van der Waals surface area contributed by atoms with E-state index >= 15 is 0 Å². The van der Waals surface area contributed by atoms with E-state index in [-0.39, 0.29) is 4.90 Å². The van der Waals surface area contributed by atoms with Gasteiger partial charge in [0, 0.05) is 33.5 Å². The van der Waals surface area contributed by atoms with Crippen LogP contribution >= 0.6 is 11.6 Å². The van der Waals surface area contributed by atoms with Crippen LogP contribution in [0.15, 0.2) is 64.4 Å². The second-order valence-electron chi connectivity index (χ2n) is 6.34. The van der Waals surface area contributed by atoms with Crippen LogP contribution in [0, 0.1) is 0 Å². The summed E-state index contributed by atoms with van der Waals surface area (Å²) in [5, 5.41) is 0.380. The Balaban J connectivity index is 2.01. The molecule has 0 aliphatic carbocycles. The van der Waals surface area contributed by atoms with Crippen molar-refractivity contribution in [1.29, 1.82) is 0 Å². The van der Waals surface area contributed by atoms with Crippen molar-refractivity contribution >= 4 is 37.3 Å². The highest BCUT2D eigenvalue weighted by Gasteiger charge is 2.27. The fourth-order valence-electron chi connectivity index (χ4n) is 3.14. The first-order valence-corrected chi connectivity index (χ1v) is 11.8. The van der Waals surface area contributed by atoms with Crippen LogP contribution in [0.1, 0.15) is 31.7 Å². The Morgan fingerprint density at radius 3 is 2.37 bits per heavy atom. The van der Waals surface area contributed by atoms with Crippen LogP contribution in [0.2, 0.25) is 5.02 Å². The van der Waals surface area contributed by atoms with Crippen molar-refractivity contribution in [3.8, 4) is 0 Å². The molecular formula is C20H22ClNO3S2. The highest BCUT2D eigenvalue weighted by Crippen LogP contribution is 2.32. The summed E-state index contributed by atoms with van der Waals surface area (Å²) < 4.78 is 40.5. The lowest BCUT2D eigenvalue weighted by molar-refractivity contribution is 0.346. The lowest BCUT2D eigenvalue weighted by atomic mass is 10.2. The van der Waals surface area contributed by atoms with Crippen LogP contribution in [0.4, 0.5) is 0 Å². The van der Waals surface area contributed by atoms with E-state index in [0.717, 1.165) is 19.3 Å². The molecule has 0 radical (unpaired) electrons. The van der Waals surface area contributed by atoms with Crippen LogP contribution in [-0.4, -0.2) is 30.0 Å². The second-order valence-corrected chi connectivity index (χ2v) is 10.1. The molecule has 1 saturated heterocycles. The maximum atomic E-state index is 13.0. The molecule has 4 nitrogen and oxygen atoms in total. The SMILES string of the molecule is CC=C(c1cc(S(=O)(=O)N2CCCCC2)ccc1Cl)S(=O)c1ccccc1. The molecule has 7 heteroatoms. The number of halogens is 1. The molecule has 0 saturated carbocycles. The lowest BCUT2D eigenvalue weighted by Gasteiger charge is -2.26. The van der Waals surface area contributed by atoms with Gasteiger partial charge in [0.15, 0.2) is 0 Å². The average molecular weight is 424 g/mol. The topological polar surface area (TPSA) is 54.5 Å². The van der Waals surface area contributed by atoms with E-state index in [4.69, 9.17) is 11.6 Å². The molecule has 1 fully saturated rings. The fourth-order valence-corrected chi connectivity index (χ4v) is 6.20. The normalized spacial score (nSPS) is 17.6. The van der Waals surface area contributed by atoms with Crippen molar-refractivity contribution in [2.45, 2.75) is 36.0 Å². The van der Waals surface area contributed by atoms with Crippen LogP contribution < -0.4 is 0 Å². The Labute approximate surface area is 168 Å². The van der Waals surface area contributed by atoms with Crippen molar-refractivity contribution in [1.82, 2.24) is 4.31 Å². The van der Waals surface area contributed by atoms with Gasteiger partial charge in [0.25, 0.3) is 0 Å². The van der Waals surface area contributed by atoms with Gasteiger partial charge in [-0.2, -0.15) is 4.31 Å². The first-order chi connectivity index (χ1) is 12.9. The molecule has 0 aromatic heterocycles. The number of hydrogen-bond acceptors (Lipinski definition) is 3. The molecule has 2 aromatic rings. The average Bonchev–Trinajstić information content (AvgIpc) is 2.71.